The number of rotatable bonds is 5. The normalized spacial score (nSPS) is 16.4. The summed E-state index contributed by atoms with van der Waals surface area (Å²) >= 11 is 0. The van der Waals surface area contributed by atoms with Crippen LogP contribution in [0.5, 0.6) is 5.75 Å². The van der Waals surface area contributed by atoms with Gasteiger partial charge in [-0.3, -0.25) is 0 Å². The first-order chi connectivity index (χ1) is 11.2. The van der Waals surface area contributed by atoms with Crippen LogP contribution in [0.15, 0.2) is 42.5 Å². The van der Waals surface area contributed by atoms with Gasteiger partial charge >= 0.3 is 0 Å². The summed E-state index contributed by atoms with van der Waals surface area (Å²) in [5, 5.41) is 3.73. The highest BCUT2D eigenvalue weighted by atomic mass is 16.5. The van der Waals surface area contributed by atoms with E-state index in [0.717, 1.165) is 25.3 Å². The molecule has 23 heavy (non-hydrogen) atoms. The summed E-state index contributed by atoms with van der Waals surface area (Å²) in [6.45, 7) is 4.80. The van der Waals surface area contributed by atoms with Crippen molar-refractivity contribution in [3.05, 3.63) is 64.7 Å². The Morgan fingerprint density at radius 2 is 1.96 bits per heavy atom. The summed E-state index contributed by atoms with van der Waals surface area (Å²) < 4.78 is 6.08. The summed E-state index contributed by atoms with van der Waals surface area (Å²) in [5.41, 5.74) is 5.21. The van der Waals surface area contributed by atoms with E-state index in [4.69, 9.17) is 4.74 Å². The maximum absolute atomic E-state index is 6.08. The van der Waals surface area contributed by atoms with Crippen LogP contribution in [-0.2, 0) is 13.0 Å². The largest absolute Gasteiger partial charge is 0.489 e. The SMILES string of the molecule is CCc1ccc2c(c1)C(NCCN(C)C)c1ccccc1CO2. The fourth-order valence-corrected chi connectivity index (χ4v) is 3.10. The highest BCUT2D eigenvalue weighted by molar-refractivity contribution is 5.48. The number of likely N-dealkylation sites (N-methyl/N-ethyl adjacent to an activating group) is 1. The van der Waals surface area contributed by atoms with E-state index < -0.39 is 0 Å². The minimum Gasteiger partial charge on any atom is -0.489 e. The molecule has 2 aromatic carbocycles. The zero-order valence-electron chi connectivity index (χ0n) is 14.3. The molecule has 3 rings (SSSR count). The molecule has 1 aliphatic heterocycles. The van der Waals surface area contributed by atoms with Crippen LogP contribution in [-0.4, -0.2) is 32.1 Å². The lowest BCUT2D eigenvalue weighted by Crippen LogP contribution is -2.30. The van der Waals surface area contributed by atoms with Gasteiger partial charge in [0.25, 0.3) is 0 Å². The van der Waals surface area contributed by atoms with Crippen LogP contribution >= 0.6 is 0 Å². The van der Waals surface area contributed by atoms with E-state index in [2.05, 4.69) is 73.7 Å². The topological polar surface area (TPSA) is 24.5 Å². The van der Waals surface area contributed by atoms with Gasteiger partial charge in [-0.1, -0.05) is 43.3 Å². The Bertz CT molecular complexity index is 666. The Labute approximate surface area is 139 Å². The molecule has 0 radical (unpaired) electrons. The molecule has 0 saturated heterocycles. The molecule has 0 aromatic heterocycles. The van der Waals surface area contributed by atoms with Crippen molar-refractivity contribution in [2.45, 2.75) is 26.0 Å². The Morgan fingerprint density at radius 1 is 1.13 bits per heavy atom. The number of hydrogen-bond acceptors (Lipinski definition) is 3. The zero-order chi connectivity index (χ0) is 16.2. The predicted molar refractivity (Wildman–Crippen MR) is 95.0 cm³/mol. The lowest BCUT2D eigenvalue weighted by molar-refractivity contribution is 0.306. The standard InChI is InChI=1S/C20H26N2O/c1-4-15-9-10-19-18(13-15)20(21-11-12-22(2)3)17-8-6-5-7-16(17)14-23-19/h5-10,13,20-21H,4,11-12,14H2,1-3H3. The molecule has 3 nitrogen and oxygen atoms in total. The molecule has 1 aliphatic rings. The Morgan fingerprint density at radius 3 is 2.74 bits per heavy atom. The molecule has 2 aromatic rings. The molecule has 1 atom stereocenters. The van der Waals surface area contributed by atoms with E-state index in [0.29, 0.717) is 6.61 Å². The molecular formula is C20H26N2O. The van der Waals surface area contributed by atoms with Gasteiger partial charge in [0.15, 0.2) is 0 Å². The van der Waals surface area contributed by atoms with E-state index in [9.17, 15) is 0 Å². The molecule has 1 unspecified atom stereocenters. The number of nitrogens with one attached hydrogen (secondary N) is 1. The van der Waals surface area contributed by atoms with Gasteiger partial charge in [0.2, 0.25) is 0 Å². The van der Waals surface area contributed by atoms with Gasteiger partial charge in [0.05, 0.1) is 6.04 Å². The van der Waals surface area contributed by atoms with Crippen LogP contribution in [0.2, 0.25) is 0 Å². The van der Waals surface area contributed by atoms with E-state index in [-0.39, 0.29) is 6.04 Å². The molecule has 0 amide bonds. The fourth-order valence-electron chi connectivity index (χ4n) is 3.10. The third-order valence-electron chi connectivity index (χ3n) is 4.45. The number of aryl methyl sites for hydroxylation is 1. The van der Waals surface area contributed by atoms with Crippen LogP contribution in [0, 0.1) is 0 Å². The number of nitrogens with zero attached hydrogens (tertiary/aromatic N) is 1. The third-order valence-corrected chi connectivity index (χ3v) is 4.45. The van der Waals surface area contributed by atoms with Crippen molar-refractivity contribution in [1.82, 2.24) is 10.2 Å². The van der Waals surface area contributed by atoms with Gasteiger partial charge in [0, 0.05) is 18.7 Å². The average Bonchev–Trinajstić information content (AvgIpc) is 2.71. The maximum atomic E-state index is 6.08. The van der Waals surface area contributed by atoms with Crippen LogP contribution in [0.1, 0.15) is 35.2 Å². The average molecular weight is 310 g/mol. The minimum absolute atomic E-state index is 0.190. The second kappa shape index (κ2) is 7.16. The van der Waals surface area contributed by atoms with E-state index >= 15 is 0 Å². The summed E-state index contributed by atoms with van der Waals surface area (Å²) in [5.74, 6) is 1.00. The molecule has 0 spiro atoms. The number of fused-ring (bicyclic) bond motifs is 2. The van der Waals surface area contributed by atoms with Gasteiger partial charge in [-0.05, 0) is 43.3 Å². The first kappa shape index (κ1) is 16.0. The molecule has 122 valence electrons. The highest BCUT2D eigenvalue weighted by Gasteiger charge is 2.24. The van der Waals surface area contributed by atoms with Crippen molar-refractivity contribution in [1.29, 1.82) is 0 Å². The number of hydrogen-bond donors (Lipinski definition) is 1. The van der Waals surface area contributed by atoms with Crippen LogP contribution in [0.25, 0.3) is 0 Å². The van der Waals surface area contributed by atoms with E-state index in [1.807, 2.05) is 0 Å². The first-order valence-corrected chi connectivity index (χ1v) is 8.40. The monoisotopic (exact) mass is 310 g/mol. The molecule has 0 aliphatic carbocycles. The van der Waals surface area contributed by atoms with Gasteiger partial charge < -0.3 is 15.0 Å². The Balaban J connectivity index is 1.99. The quantitative estimate of drug-likeness (QED) is 0.916. The first-order valence-electron chi connectivity index (χ1n) is 8.40. The molecular weight excluding hydrogens is 284 g/mol. The second-order valence-electron chi connectivity index (χ2n) is 6.40. The van der Waals surface area contributed by atoms with Crippen molar-refractivity contribution >= 4 is 0 Å². The number of benzene rings is 2. The zero-order valence-corrected chi connectivity index (χ0v) is 14.3. The minimum atomic E-state index is 0.190. The van der Waals surface area contributed by atoms with Gasteiger partial charge in [-0.15, -0.1) is 0 Å². The van der Waals surface area contributed by atoms with Crippen molar-refractivity contribution in [2.75, 3.05) is 27.2 Å². The maximum Gasteiger partial charge on any atom is 0.124 e. The highest BCUT2D eigenvalue weighted by Crippen LogP contribution is 2.36. The fraction of sp³-hybridized carbons (Fsp3) is 0.400. The van der Waals surface area contributed by atoms with Crippen LogP contribution < -0.4 is 10.1 Å². The summed E-state index contributed by atoms with van der Waals surface area (Å²) in [7, 11) is 4.21. The molecule has 0 bridgehead atoms. The Hall–Kier alpha value is -1.84. The van der Waals surface area contributed by atoms with Gasteiger partial charge in [-0.25, -0.2) is 0 Å². The van der Waals surface area contributed by atoms with Crippen LogP contribution in [0.3, 0.4) is 0 Å². The summed E-state index contributed by atoms with van der Waals surface area (Å²) in [6, 6.07) is 15.4. The van der Waals surface area contributed by atoms with Gasteiger partial charge in [0.1, 0.15) is 12.4 Å². The molecule has 0 saturated carbocycles. The molecule has 3 heteroatoms. The molecule has 1 heterocycles. The number of ether oxygens (including phenoxy) is 1. The van der Waals surface area contributed by atoms with Crippen molar-refractivity contribution in [2.24, 2.45) is 0 Å². The molecule has 0 fully saturated rings. The van der Waals surface area contributed by atoms with Gasteiger partial charge in [-0.2, -0.15) is 0 Å². The third kappa shape index (κ3) is 3.57. The van der Waals surface area contributed by atoms with Crippen LogP contribution in [0.4, 0.5) is 0 Å². The Kier molecular flexibility index (Phi) is 4.99. The van der Waals surface area contributed by atoms with E-state index in [1.165, 1.54) is 22.3 Å². The van der Waals surface area contributed by atoms with Crippen molar-refractivity contribution in [3.8, 4) is 5.75 Å². The predicted octanol–water partition coefficient (Wildman–Crippen LogP) is 3.38. The molecule has 1 N–H and O–H groups in total. The lowest BCUT2D eigenvalue weighted by atomic mass is 9.93. The smallest absolute Gasteiger partial charge is 0.124 e. The van der Waals surface area contributed by atoms with E-state index in [1.54, 1.807) is 0 Å². The lowest BCUT2D eigenvalue weighted by Gasteiger charge is -2.22. The second-order valence-corrected chi connectivity index (χ2v) is 6.40. The summed E-state index contributed by atoms with van der Waals surface area (Å²) in [6.07, 6.45) is 1.04. The van der Waals surface area contributed by atoms with Crippen molar-refractivity contribution in [3.63, 3.8) is 0 Å². The van der Waals surface area contributed by atoms with Crippen molar-refractivity contribution < 1.29 is 4.74 Å². The summed E-state index contributed by atoms with van der Waals surface area (Å²) in [4.78, 5) is 2.20.